The Kier molecular flexibility index (Phi) is 7.61. The van der Waals surface area contributed by atoms with Gasteiger partial charge in [0.15, 0.2) is 0 Å². The van der Waals surface area contributed by atoms with Gasteiger partial charge in [-0.25, -0.2) is 4.79 Å². The summed E-state index contributed by atoms with van der Waals surface area (Å²) in [6, 6.07) is 5.33. The largest absolute Gasteiger partial charge is 0.496 e. The highest BCUT2D eigenvalue weighted by atomic mass is 32.1. The third-order valence-corrected chi connectivity index (χ3v) is 4.89. The summed E-state index contributed by atoms with van der Waals surface area (Å²) in [7, 11) is 1.60. The van der Waals surface area contributed by atoms with Crippen molar-refractivity contribution in [1.82, 2.24) is 10.3 Å². The van der Waals surface area contributed by atoms with Crippen molar-refractivity contribution in [3.8, 4) is 16.2 Å². The van der Waals surface area contributed by atoms with Gasteiger partial charge in [0.2, 0.25) is 5.91 Å². The van der Waals surface area contributed by atoms with Gasteiger partial charge in [0.1, 0.15) is 11.4 Å². The van der Waals surface area contributed by atoms with Gasteiger partial charge in [-0.3, -0.25) is 9.78 Å². The molecule has 2 rings (SSSR count). The number of rotatable bonds is 7. The lowest BCUT2D eigenvalue weighted by Crippen LogP contribution is -2.39. The molecule has 0 saturated heterocycles. The fourth-order valence-electron chi connectivity index (χ4n) is 2.79. The van der Waals surface area contributed by atoms with E-state index in [9.17, 15) is 9.59 Å². The highest BCUT2D eigenvalue weighted by molar-refractivity contribution is 7.13. The monoisotopic (exact) mass is 419 g/mol. The van der Waals surface area contributed by atoms with Crippen molar-refractivity contribution in [2.24, 2.45) is 5.92 Å². The second-order valence-electron chi connectivity index (χ2n) is 7.95. The molecule has 0 aliphatic heterocycles. The standard InChI is InChI=1S/C21H29N3O4S/c1-13(9-14(2)23-20(26)28-21(3,4)5)19(25)24-15-7-8-16(17(10-15)27-6)18-11-22-12-29-18/h7-8,10-14H,9H2,1-6H3,(H,23,26)(H,24,25). The van der Waals surface area contributed by atoms with Gasteiger partial charge in [-0.05, 0) is 46.2 Å². The van der Waals surface area contributed by atoms with Crippen LogP contribution in [-0.2, 0) is 9.53 Å². The summed E-state index contributed by atoms with van der Waals surface area (Å²) in [6.07, 6.45) is 1.78. The zero-order valence-electron chi connectivity index (χ0n) is 17.7. The number of thiazole rings is 1. The Hall–Kier alpha value is -2.61. The van der Waals surface area contributed by atoms with Gasteiger partial charge >= 0.3 is 6.09 Å². The molecule has 2 atom stereocenters. The van der Waals surface area contributed by atoms with E-state index >= 15 is 0 Å². The molecule has 0 fully saturated rings. The maximum atomic E-state index is 12.6. The molecule has 2 N–H and O–H groups in total. The molecule has 0 bridgehead atoms. The molecule has 2 aromatic rings. The Morgan fingerprint density at radius 3 is 2.55 bits per heavy atom. The van der Waals surface area contributed by atoms with Crippen LogP contribution in [-0.4, -0.2) is 35.7 Å². The smallest absolute Gasteiger partial charge is 0.407 e. The lowest BCUT2D eigenvalue weighted by molar-refractivity contribution is -0.119. The highest BCUT2D eigenvalue weighted by Crippen LogP contribution is 2.34. The van der Waals surface area contributed by atoms with E-state index in [1.54, 1.807) is 24.9 Å². The average Bonchev–Trinajstić information content (AvgIpc) is 3.13. The van der Waals surface area contributed by atoms with Crippen LogP contribution in [0.15, 0.2) is 29.9 Å². The van der Waals surface area contributed by atoms with Gasteiger partial charge in [-0.1, -0.05) is 6.92 Å². The van der Waals surface area contributed by atoms with Crippen molar-refractivity contribution in [2.75, 3.05) is 12.4 Å². The van der Waals surface area contributed by atoms with E-state index in [1.165, 1.54) is 11.3 Å². The third kappa shape index (κ3) is 7.05. The molecule has 1 aromatic heterocycles. The third-order valence-electron chi connectivity index (χ3n) is 4.08. The number of hydrogen-bond donors (Lipinski definition) is 2. The normalized spacial score (nSPS) is 13.3. The summed E-state index contributed by atoms with van der Waals surface area (Å²) in [5.74, 6) is 0.238. The van der Waals surface area contributed by atoms with Crippen molar-refractivity contribution in [1.29, 1.82) is 0 Å². The number of alkyl carbamates (subject to hydrolysis) is 1. The van der Waals surface area contributed by atoms with Crippen LogP contribution >= 0.6 is 11.3 Å². The molecule has 0 saturated carbocycles. The van der Waals surface area contributed by atoms with Gasteiger partial charge in [-0.2, -0.15) is 0 Å². The van der Waals surface area contributed by atoms with E-state index in [0.29, 0.717) is 17.9 Å². The number of nitrogens with one attached hydrogen (secondary N) is 2. The van der Waals surface area contributed by atoms with Crippen LogP contribution in [0.4, 0.5) is 10.5 Å². The minimum Gasteiger partial charge on any atom is -0.496 e. The van der Waals surface area contributed by atoms with E-state index < -0.39 is 11.7 Å². The fraction of sp³-hybridized carbons (Fsp3) is 0.476. The maximum absolute atomic E-state index is 12.6. The number of nitrogens with zero attached hydrogens (tertiary/aromatic N) is 1. The van der Waals surface area contributed by atoms with Crippen LogP contribution in [0, 0.1) is 5.92 Å². The van der Waals surface area contributed by atoms with Crippen molar-refractivity contribution in [3.63, 3.8) is 0 Å². The first-order valence-electron chi connectivity index (χ1n) is 9.46. The Morgan fingerprint density at radius 1 is 1.24 bits per heavy atom. The number of hydrogen-bond acceptors (Lipinski definition) is 6. The van der Waals surface area contributed by atoms with Crippen LogP contribution in [0.5, 0.6) is 5.75 Å². The van der Waals surface area contributed by atoms with Gasteiger partial charge in [0, 0.05) is 35.5 Å². The second-order valence-corrected chi connectivity index (χ2v) is 8.84. The lowest BCUT2D eigenvalue weighted by atomic mass is 10.0. The Bertz CT molecular complexity index is 831. The van der Waals surface area contributed by atoms with Crippen molar-refractivity contribution in [3.05, 3.63) is 29.9 Å². The number of methoxy groups -OCH3 is 1. The van der Waals surface area contributed by atoms with Crippen LogP contribution in [0.3, 0.4) is 0 Å². The van der Waals surface area contributed by atoms with Gasteiger partial charge < -0.3 is 20.1 Å². The molecule has 0 radical (unpaired) electrons. The number of carbonyl (C=O) groups is 2. The molecule has 29 heavy (non-hydrogen) atoms. The summed E-state index contributed by atoms with van der Waals surface area (Å²) in [5.41, 5.74) is 2.78. The summed E-state index contributed by atoms with van der Waals surface area (Å²) >= 11 is 1.52. The minimum absolute atomic E-state index is 0.129. The van der Waals surface area contributed by atoms with Gasteiger partial charge in [-0.15, -0.1) is 11.3 Å². The Morgan fingerprint density at radius 2 is 1.97 bits per heavy atom. The first-order chi connectivity index (χ1) is 13.6. The number of anilines is 1. The first kappa shape index (κ1) is 22.7. The van der Waals surface area contributed by atoms with Crippen LogP contribution < -0.4 is 15.4 Å². The van der Waals surface area contributed by atoms with Crippen molar-refractivity contribution < 1.29 is 19.1 Å². The van der Waals surface area contributed by atoms with E-state index in [1.807, 2.05) is 46.8 Å². The van der Waals surface area contributed by atoms with E-state index in [-0.39, 0.29) is 17.9 Å². The molecule has 0 aliphatic rings. The molecule has 2 amide bonds. The zero-order valence-corrected chi connectivity index (χ0v) is 18.6. The minimum atomic E-state index is -0.558. The molecule has 0 aliphatic carbocycles. The van der Waals surface area contributed by atoms with Crippen LogP contribution in [0.1, 0.15) is 41.0 Å². The summed E-state index contributed by atoms with van der Waals surface area (Å²) in [5, 5.41) is 5.67. The number of carbonyl (C=O) groups excluding carboxylic acids is 2. The van der Waals surface area contributed by atoms with Crippen LogP contribution in [0.2, 0.25) is 0 Å². The Labute approximate surface area is 175 Å². The summed E-state index contributed by atoms with van der Waals surface area (Å²) in [6.45, 7) is 9.09. The molecule has 0 spiro atoms. The Balaban J connectivity index is 1.94. The SMILES string of the molecule is COc1cc(NC(=O)C(C)CC(C)NC(=O)OC(C)(C)C)ccc1-c1cncs1. The number of benzene rings is 1. The quantitative estimate of drug-likeness (QED) is 0.679. The predicted octanol–water partition coefficient (Wildman–Crippen LogP) is 4.70. The number of aromatic nitrogens is 1. The van der Waals surface area contributed by atoms with E-state index in [4.69, 9.17) is 9.47 Å². The molecule has 7 nitrogen and oxygen atoms in total. The molecular weight excluding hydrogens is 390 g/mol. The highest BCUT2D eigenvalue weighted by Gasteiger charge is 2.21. The van der Waals surface area contributed by atoms with E-state index in [0.717, 1.165) is 10.4 Å². The molecule has 1 heterocycles. The topological polar surface area (TPSA) is 89.6 Å². The fourth-order valence-corrected chi connectivity index (χ4v) is 3.44. The molecule has 158 valence electrons. The lowest BCUT2D eigenvalue weighted by Gasteiger charge is -2.23. The molecular formula is C21H29N3O4S. The molecule has 1 aromatic carbocycles. The van der Waals surface area contributed by atoms with Crippen molar-refractivity contribution in [2.45, 2.75) is 52.7 Å². The molecule has 2 unspecified atom stereocenters. The average molecular weight is 420 g/mol. The zero-order chi connectivity index (χ0) is 21.6. The molecule has 8 heteroatoms. The predicted molar refractivity (Wildman–Crippen MR) is 115 cm³/mol. The maximum Gasteiger partial charge on any atom is 0.407 e. The van der Waals surface area contributed by atoms with Gasteiger partial charge in [0.05, 0.1) is 17.5 Å². The van der Waals surface area contributed by atoms with E-state index in [2.05, 4.69) is 15.6 Å². The summed E-state index contributed by atoms with van der Waals surface area (Å²) < 4.78 is 10.7. The first-order valence-corrected chi connectivity index (χ1v) is 10.3. The second kappa shape index (κ2) is 9.73. The number of amides is 2. The van der Waals surface area contributed by atoms with Crippen molar-refractivity contribution >= 4 is 29.0 Å². The van der Waals surface area contributed by atoms with Crippen LogP contribution in [0.25, 0.3) is 10.4 Å². The van der Waals surface area contributed by atoms with Gasteiger partial charge in [0.25, 0.3) is 0 Å². The summed E-state index contributed by atoms with van der Waals surface area (Å²) in [4.78, 5) is 29.5. The number of ether oxygens (including phenoxy) is 2.